The van der Waals surface area contributed by atoms with Crippen LogP contribution < -0.4 is 5.73 Å². The summed E-state index contributed by atoms with van der Waals surface area (Å²) in [4.78, 5) is 0. The van der Waals surface area contributed by atoms with Crippen molar-refractivity contribution >= 4 is 5.69 Å². The lowest BCUT2D eigenvalue weighted by molar-refractivity contribution is 0.262. The predicted molar refractivity (Wildman–Crippen MR) is 92.0 cm³/mol. The van der Waals surface area contributed by atoms with Gasteiger partial charge in [-0.1, -0.05) is 30.6 Å². The molecule has 1 saturated carbocycles. The van der Waals surface area contributed by atoms with Gasteiger partial charge in [0.15, 0.2) is 0 Å². The van der Waals surface area contributed by atoms with Crippen molar-refractivity contribution in [1.29, 1.82) is 0 Å². The Morgan fingerprint density at radius 2 is 1.42 bits per heavy atom. The van der Waals surface area contributed by atoms with Crippen molar-refractivity contribution in [2.45, 2.75) is 19.8 Å². The first kappa shape index (κ1) is 16.1. The van der Waals surface area contributed by atoms with E-state index in [0.29, 0.717) is 11.8 Å². The number of nitrogens with two attached hydrogens (primary N) is 1. The first-order chi connectivity index (χ1) is 11.5. The second-order valence-electron chi connectivity index (χ2n) is 6.11. The number of hydrogen-bond acceptors (Lipinski definition) is 1. The smallest absolute Gasteiger partial charge is 0.150 e. The number of rotatable bonds is 0. The number of benzene rings is 2. The van der Waals surface area contributed by atoms with Gasteiger partial charge in [-0.3, -0.25) is 0 Å². The molecule has 24 heavy (non-hydrogen) atoms. The van der Waals surface area contributed by atoms with Crippen molar-refractivity contribution in [2.75, 3.05) is 5.73 Å². The predicted octanol–water partition coefficient (Wildman–Crippen LogP) is 4.34. The Labute approximate surface area is 140 Å². The average molecular weight is 321 g/mol. The second kappa shape index (κ2) is 6.77. The Bertz CT molecular complexity index is 853. The van der Waals surface area contributed by atoms with Crippen LogP contribution in [0.3, 0.4) is 0 Å². The van der Waals surface area contributed by atoms with Crippen LogP contribution in [0.5, 0.6) is 0 Å². The number of anilines is 1. The third kappa shape index (κ3) is 3.58. The van der Waals surface area contributed by atoms with Gasteiger partial charge in [-0.2, -0.15) is 0 Å². The lowest BCUT2D eigenvalue weighted by Gasteiger charge is -2.28. The van der Waals surface area contributed by atoms with Crippen molar-refractivity contribution in [2.24, 2.45) is 11.8 Å². The Hall–Kier alpha value is -2.78. The van der Waals surface area contributed by atoms with Gasteiger partial charge >= 0.3 is 0 Å². The zero-order chi connectivity index (χ0) is 17.1. The summed E-state index contributed by atoms with van der Waals surface area (Å²) < 4.78 is 26.8. The van der Waals surface area contributed by atoms with Crippen LogP contribution in [0.15, 0.2) is 36.4 Å². The molecule has 0 bridgehead atoms. The lowest BCUT2D eigenvalue weighted by atomic mass is 9.75. The first-order valence-corrected chi connectivity index (χ1v) is 7.91. The van der Waals surface area contributed by atoms with Gasteiger partial charge < -0.3 is 5.73 Å². The molecule has 1 aliphatic rings. The zero-order valence-electron chi connectivity index (χ0n) is 13.4. The summed E-state index contributed by atoms with van der Waals surface area (Å²) in [6.07, 6.45) is 2.45. The van der Waals surface area contributed by atoms with Crippen LogP contribution in [0.2, 0.25) is 0 Å². The Balaban J connectivity index is 1.73. The molecule has 1 fully saturated rings. The van der Waals surface area contributed by atoms with E-state index < -0.39 is 17.3 Å². The van der Waals surface area contributed by atoms with E-state index in [4.69, 9.17) is 5.73 Å². The molecule has 0 aliphatic heterocycles. The molecule has 3 heteroatoms. The van der Waals surface area contributed by atoms with Gasteiger partial charge in [0, 0.05) is 22.6 Å². The standard InChI is InChI=1S/C21H17F2N/c1-14-2-10-18(14)11-9-16-5-3-15(4-6-16)7-8-17-12-19(22)21(24)20(23)13-17/h3-6,12-14,18H,2,10,24H2,1H3. The molecule has 1 nitrogen and oxygen atoms in total. The minimum absolute atomic E-state index is 0.252. The van der Waals surface area contributed by atoms with Gasteiger partial charge in [0.25, 0.3) is 0 Å². The summed E-state index contributed by atoms with van der Waals surface area (Å²) in [5.74, 6) is 11.7. The van der Waals surface area contributed by atoms with Crippen LogP contribution in [0.4, 0.5) is 14.5 Å². The zero-order valence-corrected chi connectivity index (χ0v) is 13.4. The fourth-order valence-corrected chi connectivity index (χ4v) is 2.49. The van der Waals surface area contributed by atoms with E-state index in [1.807, 2.05) is 24.3 Å². The van der Waals surface area contributed by atoms with E-state index in [1.54, 1.807) is 0 Å². The molecule has 0 amide bonds. The van der Waals surface area contributed by atoms with Crippen LogP contribution >= 0.6 is 0 Å². The summed E-state index contributed by atoms with van der Waals surface area (Å²) in [6.45, 7) is 2.23. The fourth-order valence-electron chi connectivity index (χ4n) is 2.49. The van der Waals surface area contributed by atoms with Crippen LogP contribution in [-0.2, 0) is 0 Å². The van der Waals surface area contributed by atoms with E-state index in [9.17, 15) is 8.78 Å². The summed E-state index contributed by atoms with van der Waals surface area (Å²) in [5.41, 5.74) is 6.71. The summed E-state index contributed by atoms with van der Waals surface area (Å²) in [7, 11) is 0. The van der Waals surface area contributed by atoms with E-state index in [0.717, 1.165) is 23.3 Å². The van der Waals surface area contributed by atoms with Gasteiger partial charge in [0.05, 0.1) is 0 Å². The third-order valence-corrected chi connectivity index (χ3v) is 4.34. The molecule has 1 aliphatic carbocycles. The molecule has 2 aromatic rings. The highest BCUT2D eigenvalue weighted by atomic mass is 19.1. The van der Waals surface area contributed by atoms with E-state index in [-0.39, 0.29) is 5.56 Å². The summed E-state index contributed by atoms with van der Waals surface area (Å²) >= 11 is 0. The van der Waals surface area contributed by atoms with Crippen LogP contribution in [0.1, 0.15) is 36.5 Å². The normalized spacial score (nSPS) is 18.6. The number of halogens is 2. The summed E-state index contributed by atoms with van der Waals surface area (Å²) in [5, 5.41) is 0. The molecular weight excluding hydrogens is 304 g/mol. The maximum atomic E-state index is 13.4. The van der Waals surface area contributed by atoms with Crippen molar-refractivity contribution in [3.63, 3.8) is 0 Å². The van der Waals surface area contributed by atoms with Gasteiger partial charge in [-0.05, 0) is 55.2 Å². The highest BCUT2D eigenvalue weighted by Gasteiger charge is 2.24. The minimum Gasteiger partial charge on any atom is -0.394 e. The average Bonchev–Trinajstić information content (AvgIpc) is 2.57. The molecular formula is C21H17F2N. The molecule has 0 radical (unpaired) electrons. The van der Waals surface area contributed by atoms with Gasteiger partial charge in [-0.25, -0.2) is 8.78 Å². The molecule has 2 N–H and O–H groups in total. The van der Waals surface area contributed by atoms with Crippen molar-refractivity contribution in [3.8, 4) is 23.7 Å². The fraction of sp³-hybridized carbons (Fsp3) is 0.238. The molecule has 0 saturated heterocycles. The molecule has 2 atom stereocenters. The highest BCUT2D eigenvalue weighted by Crippen LogP contribution is 2.32. The van der Waals surface area contributed by atoms with E-state index >= 15 is 0 Å². The number of nitrogen functional groups attached to an aromatic ring is 1. The van der Waals surface area contributed by atoms with Crippen LogP contribution in [0, 0.1) is 47.2 Å². The lowest BCUT2D eigenvalue weighted by Crippen LogP contribution is -2.20. The van der Waals surface area contributed by atoms with Gasteiger partial charge in [0.1, 0.15) is 17.3 Å². The third-order valence-electron chi connectivity index (χ3n) is 4.34. The topological polar surface area (TPSA) is 26.0 Å². The summed E-state index contributed by atoms with van der Waals surface area (Å²) in [6, 6.07) is 9.78. The Morgan fingerprint density at radius 3 is 1.92 bits per heavy atom. The molecule has 3 rings (SSSR count). The van der Waals surface area contributed by atoms with Crippen LogP contribution in [-0.4, -0.2) is 0 Å². The first-order valence-electron chi connectivity index (χ1n) is 7.91. The van der Waals surface area contributed by atoms with Gasteiger partial charge in [0.2, 0.25) is 0 Å². The Morgan fingerprint density at radius 1 is 0.875 bits per heavy atom. The van der Waals surface area contributed by atoms with Crippen molar-refractivity contribution in [1.82, 2.24) is 0 Å². The van der Waals surface area contributed by atoms with Gasteiger partial charge in [-0.15, -0.1) is 0 Å². The molecule has 120 valence electrons. The van der Waals surface area contributed by atoms with Crippen molar-refractivity contribution in [3.05, 3.63) is 64.7 Å². The van der Waals surface area contributed by atoms with Crippen LogP contribution in [0.25, 0.3) is 0 Å². The van der Waals surface area contributed by atoms with E-state index in [2.05, 4.69) is 30.6 Å². The quantitative estimate of drug-likeness (QED) is 0.567. The largest absolute Gasteiger partial charge is 0.394 e. The Kier molecular flexibility index (Phi) is 4.54. The van der Waals surface area contributed by atoms with E-state index in [1.165, 1.54) is 12.8 Å². The number of hydrogen-bond donors (Lipinski definition) is 1. The molecule has 2 unspecified atom stereocenters. The highest BCUT2D eigenvalue weighted by molar-refractivity contribution is 5.50. The molecule has 0 spiro atoms. The molecule has 0 heterocycles. The monoisotopic (exact) mass is 321 g/mol. The minimum atomic E-state index is -0.796. The van der Waals surface area contributed by atoms with Crippen molar-refractivity contribution < 1.29 is 8.78 Å². The maximum absolute atomic E-state index is 13.4. The SMILES string of the molecule is CC1CCC1C#Cc1ccc(C#Cc2cc(F)c(N)c(F)c2)cc1. The maximum Gasteiger partial charge on any atom is 0.150 e. The second-order valence-corrected chi connectivity index (χ2v) is 6.11. The molecule has 2 aromatic carbocycles. The molecule has 0 aromatic heterocycles.